The molecule has 0 fully saturated rings. The highest BCUT2D eigenvalue weighted by Crippen LogP contribution is 2.32. The Morgan fingerprint density at radius 2 is 1.68 bits per heavy atom. The molecule has 0 unspecified atom stereocenters. The Bertz CT molecular complexity index is 703. The zero-order chi connectivity index (χ0) is 17.6. The van der Waals surface area contributed by atoms with Gasteiger partial charge >= 0.3 is 0 Å². The largest absolute Gasteiger partial charge is 0.484 e. The van der Waals surface area contributed by atoms with Crippen LogP contribution in [0.4, 0.5) is 11.4 Å². The third-order valence-electron chi connectivity index (χ3n) is 4.33. The number of hydrogen-bond donors (Lipinski definition) is 0. The number of benzene rings is 2. The van der Waals surface area contributed by atoms with Gasteiger partial charge < -0.3 is 19.4 Å². The molecule has 0 N–H and O–H groups in total. The van der Waals surface area contributed by atoms with Gasteiger partial charge in [0.25, 0.3) is 5.91 Å². The average Bonchev–Trinajstić information content (AvgIpc) is 2.65. The molecule has 1 amide bonds. The maximum Gasteiger partial charge on any atom is 0.265 e. The predicted molar refractivity (Wildman–Crippen MR) is 101 cm³/mol. The van der Waals surface area contributed by atoms with Gasteiger partial charge in [-0.25, -0.2) is 0 Å². The van der Waals surface area contributed by atoms with Crippen LogP contribution in [0.2, 0.25) is 0 Å². The number of para-hydroxylation sites is 3. The molecule has 2 aromatic carbocycles. The second-order valence-corrected chi connectivity index (χ2v) is 6.43. The Morgan fingerprint density at radius 3 is 2.40 bits per heavy atom. The second kappa shape index (κ2) is 8.03. The fourth-order valence-electron chi connectivity index (χ4n) is 2.97. The first kappa shape index (κ1) is 17.3. The number of carbonyl (C=O) groups is 1. The summed E-state index contributed by atoms with van der Waals surface area (Å²) in [7, 11) is 4.15. The minimum atomic E-state index is -0.0106. The monoisotopic (exact) mass is 339 g/mol. The molecule has 0 saturated carbocycles. The van der Waals surface area contributed by atoms with E-state index in [2.05, 4.69) is 30.0 Å². The number of carbonyl (C=O) groups excluding carboxylic acids is 1. The summed E-state index contributed by atoms with van der Waals surface area (Å²) in [6, 6.07) is 17.6. The van der Waals surface area contributed by atoms with Gasteiger partial charge in [-0.2, -0.15) is 0 Å². The summed E-state index contributed by atoms with van der Waals surface area (Å²) >= 11 is 0. The highest BCUT2D eigenvalue weighted by molar-refractivity contribution is 5.98. The molecule has 0 spiro atoms. The number of rotatable bonds is 6. The normalized spacial score (nSPS) is 13.7. The first-order chi connectivity index (χ1) is 12.1. The number of anilines is 2. The minimum Gasteiger partial charge on any atom is -0.484 e. The van der Waals surface area contributed by atoms with E-state index >= 15 is 0 Å². The highest BCUT2D eigenvalue weighted by Gasteiger charge is 2.26. The third-order valence-corrected chi connectivity index (χ3v) is 4.33. The Hall–Kier alpha value is -2.53. The lowest BCUT2D eigenvalue weighted by atomic mass is 10.1. The molecule has 5 nitrogen and oxygen atoms in total. The van der Waals surface area contributed by atoms with Crippen molar-refractivity contribution < 1.29 is 9.53 Å². The van der Waals surface area contributed by atoms with Crippen molar-refractivity contribution in [3.8, 4) is 5.75 Å². The lowest BCUT2D eigenvalue weighted by molar-refractivity contribution is -0.120. The van der Waals surface area contributed by atoms with Crippen LogP contribution in [0.25, 0.3) is 0 Å². The summed E-state index contributed by atoms with van der Waals surface area (Å²) < 4.78 is 5.63. The van der Waals surface area contributed by atoms with E-state index in [1.54, 1.807) is 0 Å². The van der Waals surface area contributed by atoms with Crippen LogP contribution in [0.15, 0.2) is 54.6 Å². The van der Waals surface area contributed by atoms with Crippen molar-refractivity contribution in [1.29, 1.82) is 0 Å². The number of fused-ring (bicyclic) bond motifs is 1. The number of amides is 1. The van der Waals surface area contributed by atoms with E-state index in [9.17, 15) is 4.79 Å². The van der Waals surface area contributed by atoms with Crippen molar-refractivity contribution in [2.75, 3.05) is 56.7 Å². The molecule has 1 aliphatic rings. The maximum atomic E-state index is 12.7. The molecular weight excluding hydrogens is 314 g/mol. The van der Waals surface area contributed by atoms with Crippen molar-refractivity contribution in [2.24, 2.45) is 0 Å². The van der Waals surface area contributed by atoms with Crippen LogP contribution in [-0.2, 0) is 4.79 Å². The van der Waals surface area contributed by atoms with Gasteiger partial charge in [-0.3, -0.25) is 4.79 Å². The molecule has 0 aliphatic carbocycles. The summed E-state index contributed by atoms with van der Waals surface area (Å²) in [5.41, 5.74) is 2.08. The van der Waals surface area contributed by atoms with E-state index in [4.69, 9.17) is 4.74 Å². The van der Waals surface area contributed by atoms with Crippen LogP contribution in [0, 0.1) is 0 Å². The average molecular weight is 339 g/mol. The van der Waals surface area contributed by atoms with Crippen molar-refractivity contribution >= 4 is 17.3 Å². The zero-order valence-corrected chi connectivity index (χ0v) is 14.9. The number of hydrogen-bond acceptors (Lipinski definition) is 4. The summed E-state index contributed by atoms with van der Waals surface area (Å²) in [6.45, 7) is 3.51. The van der Waals surface area contributed by atoms with Crippen LogP contribution in [0.1, 0.15) is 0 Å². The highest BCUT2D eigenvalue weighted by atomic mass is 16.5. The van der Waals surface area contributed by atoms with E-state index < -0.39 is 0 Å². The lowest BCUT2D eigenvalue weighted by Crippen LogP contribution is -2.47. The van der Waals surface area contributed by atoms with Crippen molar-refractivity contribution in [1.82, 2.24) is 4.90 Å². The molecule has 0 bridgehead atoms. The quantitative estimate of drug-likeness (QED) is 0.810. The van der Waals surface area contributed by atoms with Crippen LogP contribution >= 0.6 is 0 Å². The van der Waals surface area contributed by atoms with Crippen molar-refractivity contribution in [2.45, 2.75) is 0 Å². The number of ether oxygens (including phenoxy) is 1. The second-order valence-electron chi connectivity index (χ2n) is 6.43. The molecule has 2 aromatic rings. The third kappa shape index (κ3) is 4.31. The van der Waals surface area contributed by atoms with Gasteiger partial charge in [-0.05, 0) is 38.4 Å². The Morgan fingerprint density at radius 1 is 1.00 bits per heavy atom. The molecule has 0 radical (unpaired) electrons. The summed E-state index contributed by atoms with van der Waals surface area (Å²) in [5.74, 6) is 0.706. The molecule has 132 valence electrons. The maximum absolute atomic E-state index is 12.7. The van der Waals surface area contributed by atoms with Gasteiger partial charge in [0.05, 0.1) is 11.4 Å². The molecule has 3 rings (SSSR count). The van der Waals surface area contributed by atoms with Gasteiger partial charge in [0.15, 0.2) is 6.61 Å². The standard InChI is InChI=1S/C20H25N3O2/c1-21(2)12-13-22-14-15-23(19-11-7-6-10-18(19)22)20(24)16-25-17-8-4-3-5-9-17/h3-11H,12-16H2,1-2H3. The van der Waals surface area contributed by atoms with Gasteiger partial charge in [-0.15, -0.1) is 0 Å². The minimum absolute atomic E-state index is 0.0106. The van der Waals surface area contributed by atoms with Gasteiger partial charge in [0, 0.05) is 26.2 Å². The van der Waals surface area contributed by atoms with Crippen LogP contribution in [0.3, 0.4) is 0 Å². The zero-order valence-electron chi connectivity index (χ0n) is 14.9. The molecule has 1 heterocycles. The SMILES string of the molecule is CN(C)CCN1CCN(C(=O)COc2ccccc2)c2ccccc21. The Balaban J connectivity index is 1.69. The van der Waals surface area contributed by atoms with Gasteiger partial charge in [0.2, 0.25) is 0 Å². The van der Waals surface area contributed by atoms with Gasteiger partial charge in [0.1, 0.15) is 5.75 Å². The van der Waals surface area contributed by atoms with E-state index in [-0.39, 0.29) is 12.5 Å². The van der Waals surface area contributed by atoms with E-state index in [0.717, 1.165) is 31.0 Å². The van der Waals surface area contributed by atoms with Crippen LogP contribution < -0.4 is 14.5 Å². The van der Waals surface area contributed by atoms with Gasteiger partial charge in [-0.1, -0.05) is 30.3 Å². The number of nitrogens with zero attached hydrogens (tertiary/aromatic N) is 3. The summed E-state index contributed by atoms with van der Waals surface area (Å²) in [4.78, 5) is 19.0. The first-order valence-electron chi connectivity index (χ1n) is 8.62. The molecule has 1 aliphatic heterocycles. The van der Waals surface area contributed by atoms with Crippen molar-refractivity contribution in [3.63, 3.8) is 0 Å². The van der Waals surface area contributed by atoms with E-state index in [0.29, 0.717) is 12.3 Å². The molecule has 0 aromatic heterocycles. The topological polar surface area (TPSA) is 36.0 Å². The van der Waals surface area contributed by atoms with Crippen LogP contribution in [-0.4, -0.2) is 57.7 Å². The smallest absolute Gasteiger partial charge is 0.265 e. The lowest BCUT2D eigenvalue weighted by Gasteiger charge is -2.38. The Kier molecular flexibility index (Phi) is 5.56. The Labute approximate surface area is 149 Å². The predicted octanol–water partition coefficient (Wildman–Crippen LogP) is 2.48. The van der Waals surface area contributed by atoms with Crippen LogP contribution in [0.5, 0.6) is 5.75 Å². The molecule has 0 saturated heterocycles. The molecular formula is C20H25N3O2. The summed E-state index contributed by atoms with van der Waals surface area (Å²) in [6.07, 6.45) is 0. The van der Waals surface area contributed by atoms with Crippen molar-refractivity contribution in [3.05, 3.63) is 54.6 Å². The van der Waals surface area contributed by atoms with E-state index in [1.165, 1.54) is 0 Å². The molecule has 0 atom stereocenters. The summed E-state index contributed by atoms with van der Waals surface area (Å²) in [5, 5.41) is 0. The number of likely N-dealkylation sites (N-methyl/N-ethyl adjacent to an activating group) is 1. The molecule has 25 heavy (non-hydrogen) atoms. The molecule has 5 heteroatoms. The van der Waals surface area contributed by atoms with E-state index in [1.807, 2.05) is 53.4 Å². The first-order valence-corrected chi connectivity index (χ1v) is 8.62. The fourth-order valence-corrected chi connectivity index (χ4v) is 2.97. The fraction of sp³-hybridized carbons (Fsp3) is 0.350.